The predicted molar refractivity (Wildman–Crippen MR) is 123 cm³/mol. The fourth-order valence-corrected chi connectivity index (χ4v) is 3.62. The van der Waals surface area contributed by atoms with Gasteiger partial charge in [0.1, 0.15) is 12.2 Å². The van der Waals surface area contributed by atoms with Gasteiger partial charge in [-0.2, -0.15) is 0 Å². The minimum Gasteiger partial charge on any atom is -0.468 e. The Bertz CT molecular complexity index is 979. The molecule has 0 bridgehead atoms. The van der Waals surface area contributed by atoms with Crippen molar-refractivity contribution >= 4 is 41.0 Å². The normalized spacial score (nSPS) is 15.4. The Morgan fingerprint density at radius 3 is 2.27 bits per heavy atom. The molecular formula is C24H26N2O3S. The van der Waals surface area contributed by atoms with Crippen LogP contribution >= 0.6 is 12.2 Å². The van der Waals surface area contributed by atoms with E-state index in [4.69, 9.17) is 17.0 Å². The highest BCUT2D eigenvalue weighted by Gasteiger charge is 2.40. The molecule has 0 saturated carbocycles. The Morgan fingerprint density at radius 1 is 1.10 bits per heavy atom. The molecule has 0 radical (unpaired) electrons. The van der Waals surface area contributed by atoms with Gasteiger partial charge in [-0.25, -0.2) is 0 Å². The van der Waals surface area contributed by atoms with Crippen LogP contribution in [0.15, 0.2) is 54.2 Å². The fourth-order valence-electron chi connectivity index (χ4n) is 3.27. The molecule has 0 atom stereocenters. The number of hydrogen-bond acceptors (Lipinski definition) is 4. The summed E-state index contributed by atoms with van der Waals surface area (Å²) in [5, 5.41) is 0.264. The van der Waals surface area contributed by atoms with Crippen molar-refractivity contribution in [2.24, 2.45) is 0 Å². The third-order valence-electron chi connectivity index (χ3n) is 5.16. The van der Waals surface area contributed by atoms with Crippen molar-refractivity contribution in [3.8, 4) is 0 Å². The standard InChI is InChI=1S/C24H26N2O3S/c1-5-17-8-12-20(13-9-17)26-23(28)21(25(24(26)30)15-22(27)29-4)14-18-6-10-19(11-7-18)16(2)3/h6-14,16H,5,15H2,1-4H3/b21-14-. The van der Waals surface area contributed by atoms with Gasteiger partial charge in [-0.3, -0.25) is 14.5 Å². The zero-order valence-corrected chi connectivity index (χ0v) is 18.5. The van der Waals surface area contributed by atoms with Crippen molar-refractivity contribution < 1.29 is 14.3 Å². The van der Waals surface area contributed by atoms with E-state index in [-0.39, 0.29) is 17.6 Å². The Labute approximate surface area is 182 Å². The Balaban J connectivity index is 2.00. The monoisotopic (exact) mass is 422 g/mol. The summed E-state index contributed by atoms with van der Waals surface area (Å²) < 4.78 is 4.81. The molecular weight excluding hydrogens is 396 g/mol. The summed E-state index contributed by atoms with van der Waals surface area (Å²) >= 11 is 5.58. The molecule has 0 aromatic heterocycles. The van der Waals surface area contributed by atoms with Crippen LogP contribution in [0.4, 0.5) is 5.69 Å². The lowest BCUT2D eigenvalue weighted by Crippen LogP contribution is -2.35. The van der Waals surface area contributed by atoms with Gasteiger partial charge in [0.05, 0.1) is 12.8 Å². The first-order valence-electron chi connectivity index (χ1n) is 9.99. The summed E-state index contributed by atoms with van der Waals surface area (Å²) in [5.41, 5.74) is 4.28. The number of anilines is 1. The molecule has 2 aromatic rings. The molecule has 156 valence electrons. The maximum absolute atomic E-state index is 13.3. The first-order valence-corrected chi connectivity index (χ1v) is 10.4. The molecule has 0 aliphatic carbocycles. The van der Waals surface area contributed by atoms with Crippen LogP contribution in [0.3, 0.4) is 0 Å². The van der Waals surface area contributed by atoms with Crippen molar-refractivity contribution in [3.05, 3.63) is 70.9 Å². The second-order valence-corrected chi connectivity index (χ2v) is 7.82. The average molecular weight is 423 g/mol. The summed E-state index contributed by atoms with van der Waals surface area (Å²) in [6.07, 6.45) is 2.67. The number of methoxy groups -OCH3 is 1. The number of amides is 1. The van der Waals surface area contributed by atoms with E-state index < -0.39 is 5.97 Å². The molecule has 30 heavy (non-hydrogen) atoms. The zero-order chi connectivity index (χ0) is 21.8. The smallest absolute Gasteiger partial charge is 0.325 e. The molecule has 1 fully saturated rings. The zero-order valence-electron chi connectivity index (χ0n) is 17.7. The van der Waals surface area contributed by atoms with E-state index in [1.807, 2.05) is 48.5 Å². The number of ether oxygens (including phenoxy) is 1. The van der Waals surface area contributed by atoms with Gasteiger partial charge in [0, 0.05) is 0 Å². The second-order valence-electron chi connectivity index (χ2n) is 7.46. The number of rotatable bonds is 6. The largest absolute Gasteiger partial charge is 0.468 e. The van der Waals surface area contributed by atoms with Crippen molar-refractivity contribution in [1.29, 1.82) is 0 Å². The third-order valence-corrected chi connectivity index (χ3v) is 5.56. The summed E-state index contributed by atoms with van der Waals surface area (Å²) in [4.78, 5) is 28.3. The molecule has 1 saturated heterocycles. The third kappa shape index (κ3) is 4.44. The van der Waals surface area contributed by atoms with E-state index in [2.05, 4.69) is 20.8 Å². The van der Waals surface area contributed by atoms with Gasteiger partial charge in [-0.1, -0.05) is 57.2 Å². The quantitative estimate of drug-likeness (QED) is 0.389. The Hall–Kier alpha value is -2.99. The van der Waals surface area contributed by atoms with E-state index in [0.29, 0.717) is 17.3 Å². The molecule has 1 amide bonds. The van der Waals surface area contributed by atoms with Crippen LogP contribution < -0.4 is 4.90 Å². The van der Waals surface area contributed by atoms with Gasteiger partial charge < -0.3 is 9.64 Å². The van der Waals surface area contributed by atoms with E-state index in [0.717, 1.165) is 12.0 Å². The summed E-state index contributed by atoms with van der Waals surface area (Å²) in [5.74, 6) is -0.305. The van der Waals surface area contributed by atoms with E-state index in [9.17, 15) is 9.59 Å². The van der Waals surface area contributed by atoms with Gasteiger partial charge in [0.25, 0.3) is 5.91 Å². The number of aryl methyl sites for hydroxylation is 1. The number of esters is 1. The second kappa shape index (κ2) is 9.22. The van der Waals surface area contributed by atoms with Gasteiger partial charge in [-0.15, -0.1) is 0 Å². The van der Waals surface area contributed by atoms with Gasteiger partial charge in [-0.05, 0) is 59.5 Å². The van der Waals surface area contributed by atoms with Crippen LogP contribution in [-0.4, -0.2) is 35.5 Å². The predicted octanol–water partition coefficient (Wildman–Crippen LogP) is 4.52. The maximum atomic E-state index is 13.3. The number of benzene rings is 2. The molecule has 5 nitrogen and oxygen atoms in total. The molecule has 1 aliphatic rings. The van der Waals surface area contributed by atoms with E-state index >= 15 is 0 Å². The maximum Gasteiger partial charge on any atom is 0.325 e. The highest BCUT2D eigenvalue weighted by molar-refractivity contribution is 7.80. The van der Waals surface area contributed by atoms with Gasteiger partial charge in [0.15, 0.2) is 5.11 Å². The number of nitrogens with zero attached hydrogens (tertiary/aromatic N) is 2. The van der Waals surface area contributed by atoms with Crippen LogP contribution in [0.5, 0.6) is 0 Å². The van der Waals surface area contributed by atoms with E-state index in [1.54, 1.807) is 6.08 Å². The number of carbonyl (C=O) groups is 2. The van der Waals surface area contributed by atoms with Crippen molar-refractivity contribution in [2.75, 3.05) is 18.6 Å². The number of thiocarbonyl (C=S) groups is 1. The van der Waals surface area contributed by atoms with Crippen LogP contribution in [0, 0.1) is 0 Å². The Kier molecular flexibility index (Phi) is 6.67. The highest BCUT2D eigenvalue weighted by Crippen LogP contribution is 2.29. The topological polar surface area (TPSA) is 49.9 Å². The summed E-state index contributed by atoms with van der Waals surface area (Å²) in [6.45, 7) is 6.21. The number of hydrogen-bond donors (Lipinski definition) is 0. The SMILES string of the molecule is CCc1ccc(N2C(=O)/C(=C/c3ccc(C(C)C)cc3)N(CC(=O)OC)C2=S)cc1. The minimum absolute atomic E-state index is 0.124. The van der Waals surface area contributed by atoms with E-state index in [1.165, 1.54) is 28.0 Å². The summed E-state index contributed by atoms with van der Waals surface area (Å²) in [6, 6.07) is 15.7. The lowest BCUT2D eigenvalue weighted by Gasteiger charge is -2.19. The van der Waals surface area contributed by atoms with Crippen molar-refractivity contribution in [1.82, 2.24) is 4.90 Å². The molecule has 0 unspecified atom stereocenters. The molecule has 0 spiro atoms. The van der Waals surface area contributed by atoms with Crippen LogP contribution in [0.25, 0.3) is 6.08 Å². The highest BCUT2D eigenvalue weighted by atomic mass is 32.1. The van der Waals surface area contributed by atoms with Crippen LogP contribution in [-0.2, 0) is 20.7 Å². The summed E-state index contributed by atoms with van der Waals surface area (Å²) in [7, 11) is 1.32. The average Bonchev–Trinajstić information content (AvgIpc) is 2.98. The molecule has 3 rings (SSSR count). The van der Waals surface area contributed by atoms with Crippen molar-refractivity contribution in [2.45, 2.75) is 33.1 Å². The van der Waals surface area contributed by atoms with Crippen LogP contribution in [0.2, 0.25) is 0 Å². The minimum atomic E-state index is -0.464. The molecule has 1 heterocycles. The Morgan fingerprint density at radius 2 is 1.73 bits per heavy atom. The van der Waals surface area contributed by atoms with Crippen LogP contribution in [0.1, 0.15) is 43.4 Å². The number of carbonyl (C=O) groups excluding carboxylic acids is 2. The lowest BCUT2D eigenvalue weighted by molar-refractivity contribution is -0.140. The first-order chi connectivity index (χ1) is 14.3. The fraction of sp³-hybridized carbons (Fsp3) is 0.292. The van der Waals surface area contributed by atoms with Gasteiger partial charge >= 0.3 is 5.97 Å². The van der Waals surface area contributed by atoms with Crippen molar-refractivity contribution in [3.63, 3.8) is 0 Å². The molecule has 6 heteroatoms. The molecule has 0 N–H and O–H groups in total. The molecule has 1 aliphatic heterocycles. The van der Waals surface area contributed by atoms with Gasteiger partial charge in [0.2, 0.25) is 0 Å². The first kappa shape index (κ1) is 21.7. The lowest BCUT2D eigenvalue weighted by atomic mass is 10.0. The molecule has 2 aromatic carbocycles.